The van der Waals surface area contributed by atoms with Gasteiger partial charge >= 0.3 is 0 Å². The fourth-order valence-corrected chi connectivity index (χ4v) is 3.81. The first-order chi connectivity index (χ1) is 9.83. The molecule has 0 unspecified atom stereocenters. The summed E-state index contributed by atoms with van der Waals surface area (Å²) in [5.41, 5.74) is 0. The van der Waals surface area contributed by atoms with E-state index < -0.39 is 0 Å². The molecule has 0 bridgehead atoms. The van der Waals surface area contributed by atoms with Crippen LogP contribution in [0.4, 0.5) is 5.00 Å². The van der Waals surface area contributed by atoms with E-state index >= 15 is 0 Å². The van der Waals surface area contributed by atoms with Crippen LogP contribution in [0.1, 0.15) is 19.3 Å². The summed E-state index contributed by atoms with van der Waals surface area (Å²) in [6.07, 6.45) is 4.06. The standard InChI is InChI=1S/C15H23N3OS/c19-14-13-17(9-8-16-6-2-1-3-7-16)10-11-18(14)15-5-4-12-20-15/h4-5,12H,1-3,6-11,13H2. The predicted octanol–water partition coefficient (Wildman–Crippen LogP) is 1.88. The van der Waals surface area contributed by atoms with Crippen LogP contribution in [0.5, 0.6) is 0 Å². The smallest absolute Gasteiger partial charge is 0.241 e. The molecule has 5 heteroatoms. The zero-order valence-electron chi connectivity index (χ0n) is 12.0. The van der Waals surface area contributed by atoms with Crippen LogP contribution in [-0.4, -0.2) is 61.5 Å². The summed E-state index contributed by atoms with van der Waals surface area (Å²) in [4.78, 5) is 19.0. The molecule has 1 aromatic rings. The molecule has 3 heterocycles. The van der Waals surface area contributed by atoms with Gasteiger partial charge in [-0.15, -0.1) is 11.3 Å². The molecule has 2 aliphatic heterocycles. The summed E-state index contributed by atoms with van der Waals surface area (Å²) in [5, 5.41) is 3.12. The van der Waals surface area contributed by atoms with Crippen LogP contribution in [0.3, 0.4) is 0 Å². The van der Waals surface area contributed by atoms with Gasteiger partial charge in [-0.25, -0.2) is 0 Å². The number of rotatable bonds is 4. The third-order valence-electron chi connectivity index (χ3n) is 4.25. The zero-order valence-corrected chi connectivity index (χ0v) is 12.8. The molecular weight excluding hydrogens is 270 g/mol. The van der Waals surface area contributed by atoms with Crippen molar-refractivity contribution >= 4 is 22.2 Å². The Labute approximate surface area is 125 Å². The Morgan fingerprint density at radius 3 is 2.50 bits per heavy atom. The molecule has 0 spiro atoms. The number of hydrogen-bond donors (Lipinski definition) is 0. The summed E-state index contributed by atoms with van der Waals surface area (Å²) >= 11 is 1.65. The van der Waals surface area contributed by atoms with Crippen molar-refractivity contribution in [1.82, 2.24) is 9.80 Å². The molecule has 110 valence electrons. The van der Waals surface area contributed by atoms with Gasteiger partial charge in [0.1, 0.15) is 0 Å². The number of carbonyl (C=O) groups is 1. The van der Waals surface area contributed by atoms with Crippen LogP contribution in [0.2, 0.25) is 0 Å². The highest BCUT2D eigenvalue weighted by Crippen LogP contribution is 2.23. The molecule has 1 aromatic heterocycles. The van der Waals surface area contributed by atoms with Gasteiger partial charge in [0.15, 0.2) is 0 Å². The molecule has 4 nitrogen and oxygen atoms in total. The van der Waals surface area contributed by atoms with Gasteiger partial charge in [0, 0.05) is 26.2 Å². The van der Waals surface area contributed by atoms with Crippen LogP contribution in [0.15, 0.2) is 17.5 Å². The van der Waals surface area contributed by atoms with Gasteiger partial charge in [0.2, 0.25) is 5.91 Å². The van der Waals surface area contributed by atoms with Crippen LogP contribution >= 0.6 is 11.3 Å². The zero-order chi connectivity index (χ0) is 13.8. The molecule has 0 aromatic carbocycles. The van der Waals surface area contributed by atoms with Crippen LogP contribution in [-0.2, 0) is 4.79 Å². The van der Waals surface area contributed by atoms with Crippen molar-refractivity contribution in [3.05, 3.63) is 17.5 Å². The average Bonchev–Trinajstić information content (AvgIpc) is 3.00. The quantitative estimate of drug-likeness (QED) is 0.848. The van der Waals surface area contributed by atoms with E-state index in [4.69, 9.17) is 0 Å². The lowest BCUT2D eigenvalue weighted by Crippen LogP contribution is -2.52. The minimum absolute atomic E-state index is 0.248. The van der Waals surface area contributed by atoms with E-state index in [-0.39, 0.29) is 5.91 Å². The van der Waals surface area contributed by atoms with E-state index in [0.29, 0.717) is 6.54 Å². The summed E-state index contributed by atoms with van der Waals surface area (Å²) in [6.45, 7) is 7.03. The monoisotopic (exact) mass is 293 g/mol. The fraction of sp³-hybridized carbons (Fsp3) is 0.667. The Bertz CT molecular complexity index is 428. The van der Waals surface area contributed by atoms with Gasteiger partial charge in [-0.3, -0.25) is 9.69 Å². The van der Waals surface area contributed by atoms with Gasteiger partial charge in [-0.2, -0.15) is 0 Å². The molecule has 0 aliphatic carbocycles. The molecule has 0 radical (unpaired) electrons. The minimum Gasteiger partial charge on any atom is -0.302 e. The Kier molecular flexibility index (Phi) is 4.70. The number of piperazine rings is 1. The van der Waals surface area contributed by atoms with E-state index in [1.165, 1.54) is 32.4 Å². The van der Waals surface area contributed by atoms with E-state index in [1.54, 1.807) is 11.3 Å². The second-order valence-electron chi connectivity index (χ2n) is 5.68. The molecule has 0 saturated carbocycles. The summed E-state index contributed by atoms with van der Waals surface area (Å²) in [7, 11) is 0. The molecular formula is C15H23N3OS. The maximum atomic E-state index is 12.2. The molecule has 2 aliphatic rings. The Morgan fingerprint density at radius 2 is 1.80 bits per heavy atom. The van der Waals surface area contributed by atoms with Crippen molar-refractivity contribution in [3.8, 4) is 0 Å². The fourth-order valence-electron chi connectivity index (χ4n) is 3.04. The number of hydrogen-bond acceptors (Lipinski definition) is 4. The third-order valence-corrected chi connectivity index (χ3v) is 5.14. The number of thiophene rings is 1. The number of piperidine rings is 1. The second kappa shape index (κ2) is 6.70. The Hall–Kier alpha value is -0.910. The van der Waals surface area contributed by atoms with Crippen molar-refractivity contribution in [2.24, 2.45) is 0 Å². The summed E-state index contributed by atoms with van der Waals surface area (Å²) in [6, 6.07) is 4.04. The molecule has 20 heavy (non-hydrogen) atoms. The van der Waals surface area contributed by atoms with Gasteiger partial charge < -0.3 is 9.80 Å². The van der Waals surface area contributed by atoms with Crippen molar-refractivity contribution in [2.45, 2.75) is 19.3 Å². The predicted molar refractivity (Wildman–Crippen MR) is 83.4 cm³/mol. The van der Waals surface area contributed by atoms with Gasteiger partial charge in [0.05, 0.1) is 11.5 Å². The van der Waals surface area contributed by atoms with Crippen molar-refractivity contribution in [3.63, 3.8) is 0 Å². The van der Waals surface area contributed by atoms with Crippen molar-refractivity contribution in [2.75, 3.05) is 50.7 Å². The number of anilines is 1. The van der Waals surface area contributed by atoms with Gasteiger partial charge in [-0.1, -0.05) is 6.42 Å². The lowest BCUT2D eigenvalue weighted by molar-refractivity contribution is -0.121. The lowest BCUT2D eigenvalue weighted by atomic mass is 10.1. The molecule has 1 amide bonds. The first-order valence-electron chi connectivity index (χ1n) is 7.61. The summed E-state index contributed by atoms with van der Waals surface area (Å²) in [5.74, 6) is 0.248. The number of carbonyl (C=O) groups excluding carboxylic acids is 1. The number of amides is 1. The van der Waals surface area contributed by atoms with Crippen molar-refractivity contribution < 1.29 is 4.79 Å². The van der Waals surface area contributed by atoms with Crippen LogP contribution in [0, 0.1) is 0 Å². The SMILES string of the molecule is O=C1CN(CCN2CCCCC2)CCN1c1cccs1. The van der Waals surface area contributed by atoms with Crippen LogP contribution in [0.25, 0.3) is 0 Å². The molecule has 2 saturated heterocycles. The highest BCUT2D eigenvalue weighted by molar-refractivity contribution is 7.14. The topological polar surface area (TPSA) is 26.8 Å². The lowest BCUT2D eigenvalue weighted by Gasteiger charge is -2.35. The Balaban J connectivity index is 1.46. The maximum absolute atomic E-state index is 12.2. The molecule has 3 rings (SSSR count). The van der Waals surface area contributed by atoms with Crippen LogP contribution < -0.4 is 4.90 Å². The first-order valence-corrected chi connectivity index (χ1v) is 8.49. The first kappa shape index (κ1) is 14.0. The maximum Gasteiger partial charge on any atom is 0.241 e. The van der Waals surface area contributed by atoms with Crippen molar-refractivity contribution in [1.29, 1.82) is 0 Å². The van der Waals surface area contributed by atoms with Gasteiger partial charge in [0.25, 0.3) is 0 Å². The van der Waals surface area contributed by atoms with E-state index in [0.717, 1.165) is 31.2 Å². The summed E-state index contributed by atoms with van der Waals surface area (Å²) < 4.78 is 0. The van der Waals surface area contributed by atoms with E-state index in [1.807, 2.05) is 22.4 Å². The average molecular weight is 293 g/mol. The second-order valence-corrected chi connectivity index (χ2v) is 6.60. The highest BCUT2D eigenvalue weighted by Gasteiger charge is 2.25. The van der Waals surface area contributed by atoms with Gasteiger partial charge in [-0.05, 0) is 43.4 Å². The number of nitrogens with zero attached hydrogens (tertiary/aromatic N) is 3. The normalized spacial score (nSPS) is 22.4. The largest absolute Gasteiger partial charge is 0.302 e. The minimum atomic E-state index is 0.248. The third kappa shape index (κ3) is 3.40. The Morgan fingerprint density at radius 1 is 1.00 bits per heavy atom. The highest BCUT2D eigenvalue weighted by atomic mass is 32.1. The van der Waals surface area contributed by atoms with E-state index in [9.17, 15) is 4.79 Å². The molecule has 0 N–H and O–H groups in total. The van der Waals surface area contributed by atoms with E-state index in [2.05, 4.69) is 9.80 Å². The number of likely N-dealkylation sites (tertiary alicyclic amines) is 1. The molecule has 0 atom stereocenters. The molecule has 2 fully saturated rings.